The summed E-state index contributed by atoms with van der Waals surface area (Å²) in [5.74, 6) is -5.69. The number of carbonyl (C=O) groups excluding carboxylic acids is 2. The number of likely N-dealkylation sites (tertiary alicyclic amines) is 1. The summed E-state index contributed by atoms with van der Waals surface area (Å²) in [6, 6.07) is 6.30. The van der Waals surface area contributed by atoms with E-state index in [2.05, 4.69) is 10.1 Å². The highest BCUT2D eigenvalue weighted by Gasteiger charge is 2.63. The number of fused-ring (bicyclic) bond motifs is 1. The highest BCUT2D eigenvalue weighted by Crippen LogP contribution is 2.53. The number of methoxy groups -OCH3 is 1. The van der Waals surface area contributed by atoms with E-state index in [9.17, 15) is 36.6 Å². The fraction of sp³-hybridized carbons (Fsp3) is 0.333. The molecule has 11 heteroatoms. The Morgan fingerprint density at radius 3 is 2.44 bits per heavy atom. The van der Waals surface area contributed by atoms with Crippen LogP contribution < -0.4 is 5.32 Å². The molecule has 0 bridgehead atoms. The molecule has 2 aromatic carbocycles. The normalized spacial score (nSPS) is 24.8. The van der Waals surface area contributed by atoms with Crippen molar-refractivity contribution in [1.82, 2.24) is 4.90 Å². The Bertz CT molecular complexity index is 1090. The van der Waals surface area contributed by atoms with Gasteiger partial charge in [0.25, 0.3) is 11.8 Å². The third-order valence-corrected chi connectivity index (χ3v) is 5.79. The smallest absolute Gasteiger partial charge is 0.418 e. The van der Waals surface area contributed by atoms with Crippen molar-refractivity contribution in [3.05, 3.63) is 59.2 Å². The fourth-order valence-corrected chi connectivity index (χ4v) is 4.51. The number of para-hydroxylation sites is 1. The Balaban J connectivity index is 2.04. The maximum Gasteiger partial charge on any atom is 0.418 e. The van der Waals surface area contributed by atoms with Gasteiger partial charge in [-0.15, -0.1) is 0 Å². The van der Waals surface area contributed by atoms with Crippen LogP contribution in [0.25, 0.3) is 0 Å². The first-order valence-corrected chi connectivity index (χ1v) is 9.46. The number of nitrogens with one attached hydrogen (secondary N) is 1. The summed E-state index contributed by atoms with van der Waals surface area (Å²) in [5, 5.41) is 11.9. The van der Waals surface area contributed by atoms with Gasteiger partial charge in [-0.25, -0.2) is 8.78 Å². The molecule has 1 saturated heterocycles. The maximum absolute atomic E-state index is 14.5. The molecule has 0 aromatic heterocycles. The van der Waals surface area contributed by atoms with Gasteiger partial charge in [0.15, 0.2) is 5.54 Å². The Kier molecular flexibility index (Phi) is 4.92. The number of hydrogen-bond acceptors (Lipinski definition) is 5. The van der Waals surface area contributed by atoms with E-state index < -0.39 is 59.8 Å². The zero-order valence-electron chi connectivity index (χ0n) is 16.5. The van der Waals surface area contributed by atoms with Crippen LogP contribution in [-0.2, 0) is 26.0 Å². The van der Waals surface area contributed by atoms with Crippen LogP contribution in [-0.4, -0.2) is 47.5 Å². The first kappa shape index (κ1) is 22.0. The summed E-state index contributed by atoms with van der Waals surface area (Å²) in [6.07, 6.45) is -5.80. The van der Waals surface area contributed by atoms with E-state index in [1.54, 1.807) is 0 Å². The number of alkyl halides is 5. The van der Waals surface area contributed by atoms with Gasteiger partial charge < -0.3 is 15.2 Å². The number of amides is 1. The molecule has 2 aliphatic rings. The lowest BCUT2D eigenvalue weighted by atomic mass is 9.81. The molecular weight excluding hydrogens is 439 g/mol. The molecule has 0 spiro atoms. The number of hydrogen-bond donors (Lipinski definition) is 2. The molecule has 0 radical (unpaired) electrons. The molecule has 2 atom stereocenters. The predicted octanol–water partition coefficient (Wildman–Crippen LogP) is 3.49. The summed E-state index contributed by atoms with van der Waals surface area (Å²) in [7, 11) is 0.995. The van der Waals surface area contributed by atoms with E-state index in [0.29, 0.717) is 0 Å². The van der Waals surface area contributed by atoms with Crippen molar-refractivity contribution >= 4 is 17.6 Å². The summed E-state index contributed by atoms with van der Waals surface area (Å²) < 4.78 is 74.6. The molecule has 2 heterocycles. The Labute approximate surface area is 178 Å². The molecule has 1 fully saturated rings. The molecule has 170 valence electrons. The van der Waals surface area contributed by atoms with Crippen LogP contribution in [0, 0.1) is 0 Å². The summed E-state index contributed by atoms with van der Waals surface area (Å²) >= 11 is 0. The number of nitrogens with zero attached hydrogens (tertiary/aromatic N) is 1. The lowest BCUT2D eigenvalue weighted by molar-refractivity contribution is -0.149. The van der Waals surface area contributed by atoms with Gasteiger partial charge in [0.05, 0.1) is 24.9 Å². The molecule has 1 amide bonds. The third kappa shape index (κ3) is 3.19. The van der Waals surface area contributed by atoms with Crippen molar-refractivity contribution in [3.8, 4) is 5.75 Å². The molecule has 2 aromatic rings. The lowest BCUT2D eigenvalue weighted by Crippen LogP contribution is -2.56. The number of rotatable bonds is 3. The number of anilines is 1. The second-order valence-corrected chi connectivity index (χ2v) is 7.66. The molecule has 2 aliphatic heterocycles. The second-order valence-electron chi connectivity index (χ2n) is 7.66. The van der Waals surface area contributed by atoms with Gasteiger partial charge in [0, 0.05) is 12.0 Å². The van der Waals surface area contributed by atoms with Crippen molar-refractivity contribution in [2.75, 3.05) is 19.0 Å². The van der Waals surface area contributed by atoms with Gasteiger partial charge in [-0.1, -0.05) is 24.3 Å². The Hall–Kier alpha value is -3.21. The van der Waals surface area contributed by atoms with Crippen LogP contribution in [0.2, 0.25) is 0 Å². The van der Waals surface area contributed by atoms with E-state index in [0.717, 1.165) is 24.1 Å². The van der Waals surface area contributed by atoms with E-state index in [4.69, 9.17) is 0 Å². The number of aromatic hydroxyl groups is 1. The highest BCUT2D eigenvalue weighted by atomic mass is 19.4. The topological polar surface area (TPSA) is 78.9 Å². The van der Waals surface area contributed by atoms with E-state index >= 15 is 0 Å². The van der Waals surface area contributed by atoms with E-state index in [1.807, 2.05) is 0 Å². The molecule has 6 nitrogen and oxygen atoms in total. The Morgan fingerprint density at radius 2 is 1.84 bits per heavy atom. The van der Waals surface area contributed by atoms with E-state index in [1.165, 1.54) is 30.3 Å². The number of carbonyl (C=O) groups is 2. The predicted molar refractivity (Wildman–Crippen MR) is 101 cm³/mol. The molecular formula is C21H17F5N2O4. The summed E-state index contributed by atoms with van der Waals surface area (Å²) in [4.78, 5) is 26.7. The molecule has 4 rings (SSSR count). The van der Waals surface area contributed by atoms with Crippen molar-refractivity contribution in [2.24, 2.45) is 0 Å². The average molecular weight is 456 g/mol. The van der Waals surface area contributed by atoms with Crippen LogP contribution in [0.5, 0.6) is 5.75 Å². The highest BCUT2D eigenvalue weighted by molar-refractivity contribution is 6.09. The minimum atomic E-state index is -4.83. The minimum Gasteiger partial charge on any atom is -0.508 e. The average Bonchev–Trinajstić information content (AvgIpc) is 3.20. The largest absolute Gasteiger partial charge is 0.508 e. The molecule has 0 saturated carbocycles. The Morgan fingerprint density at radius 1 is 1.19 bits per heavy atom. The molecule has 1 unspecified atom stereocenters. The summed E-state index contributed by atoms with van der Waals surface area (Å²) in [5.41, 5.74) is -4.13. The number of esters is 1. The van der Waals surface area contributed by atoms with Crippen molar-refractivity contribution in [2.45, 2.75) is 30.1 Å². The first-order valence-electron chi connectivity index (χ1n) is 9.46. The van der Waals surface area contributed by atoms with Crippen LogP contribution in [0.3, 0.4) is 0 Å². The molecule has 2 N–H and O–H groups in total. The standard InChI is InChI=1S/C21H17F5N2O4/c1-32-17(30)15-9-19(22,23)10-28(15)20(11-5-7-12(29)8-6-11)13-3-2-4-14(21(24,25)26)16(13)27-18(20)31/h2-8,15,29H,9-10H2,1H3,(H,27,31)/t15-,20?/m0/s1. The quantitative estimate of drug-likeness (QED) is 0.546. The van der Waals surface area contributed by atoms with Gasteiger partial charge >= 0.3 is 12.1 Å². The van der Waals surface area contributed by atoms with Crippen LogP contribution in [0.15, 0.2) is 42.5 Å². The third-order valence-electron chi connectivity index (χ3n) is 5.79. The number of ether oxygens (including phenoxy) is 1. The molecule has 32 heavy (non-hydrogen) atoms. The first-order chi connectivity index (χ1) is 14.9. The van der Waals surface area contributed by atoms with Crippen molar-refractivity contribution in [1.29, 1.82) is 0 Å². The zero-order chi connectivity index (χ0) is 23.5. The van der Waals surface area contributed by atoms with Crippen LogP contribution in [0.1, 0.15) is 23.1 Å². The van der Waals surface area contributed by atoms with Gasteiger partial charge in [0.2, 0.25) is 0 Å². The van der Waals surface area contributed by atoms with E-state index in [-0.39, 0.29) is 16.9 Å². The van der Waals surface area contributed by atoms with Gasteiger partial charge in [0.1, 0.15) is 11.8 Å². The second kappa shape index (κ2) is 7.16. The lowest BCUT2D eigenvalue weighted by Gasteiger charge is -2.40. The van der Waals surface area contributed by atoms with Crippen LogP contribution >= 0.6 is 0 Å². The van der Waals surface area contributed by atoms with Crippen LogP contribution in [0.4, 0.5) is 27.6 Å². The van der Waals surface area contributed by atoms with Crippen molar-refractivity contribution in [3.63, 3.8) is 0 Å². The van der Waals surface area contributed by atoms with Gasteiger partial charge in [-0.05, 0) is 23.8 Å². The van der Waals surface area contributed by atoms with Crippen molar-refractivity contribution < 1.29 is 41.4 Å². The fourth-order valence-electron chi connectivity index (χ4n) is 4.51. The summed E-state index contributed by atoms with van der Waals surface area (Å²) in [6.45, 7) is -1.07. The minimum absolute atomic E-state index is 0.0116. The number of benzene rings is 2. The maximum atomic E-state index is 14.5. The van der Waals surface area contributed by atoms with Gasteiger partial charge in [-0.3, -0.25) is 14.5 Å². The zero-order valence-corrected chi connectivity index (χ0v) is 16.5. The number of phenolic OH excluding ortho intramolecular Hbond substituents is 1. The number of phenols is 1. The van der Waals surface area contributed by atoms with Gasteiger partial charge in [-0.2, -0.15) is 13.2 Å². The molecule has 0 aliphatic carbocycles. The monoisotopic (exact) mass is 456 g/mol. The SMILES string of the molecule is COC(=O)[C@@H]1CC(F)(F)CN1C1(c2ccc(O)cc2)C(=O)Nc2c(C(F)(F)F)cccc21. The number of halogens is 5.